The Morgan fingerprint density at radius 1 is 1.16 bits per heavy atom. The first-order valence-corrected chi connectivity index (χ1v) is 8.90. The van der Waals surface area contributed by atoms with Gasteiger partial charge in [0, 0.05) is 0 Å². The first kappa shape index (κ1) is 16.4. The summed E-state index contributed by atoms with van der Waals surface area (Å²) in [5, 5.41) is 0. The summed E-state index contributed by atoms with van der Waals surface area (Å²) in [6.45, 7) is 4.04. The van der Waals surface area contributed by atoms with Gasteiger partial charge in [0.05, 0.1) is 10.6 Å². The van der Waals surface area contributed by atoms with Gasteiger partial charge in [0.2, 0.25) is 0 Å². The molecule has 0 bridgehead atoms. The quantitative estimate of drug-likeness (QED) is 0.529. The minimum Gasteiger partial charge on any atom is -0.223 e. The lowest BCUT2D eigenvalue weighted by Crippen LogP contribution is -2.04. The van der Waals surface area contributed by atoms with E-state index in [1.165, 1.54) is 3.58 Å². The Morgan fingerprint density at radius 2 is 1.79 bits per heavy atom. The van der Waals surface area contributed by atoms with Gasteiger partial charge < -0.3 is 0 Å². The average molecular weight is 390 g/mol. The van der Waals surface area contributed by atoms with Gasteiger partial charge in [0.1, 0.15) is 0 Å². The maximum atomic E-state index is 12.1. The number of hydrogen-bond acceptors (Lipinski definition) is 2. The standard InChI is InChI=1S/C15H19IO2S/c1-13(7-6-8-14(2)16)11-12-19(17,18)15-9-4-3-5-10-15/h3-5,8-11H,6-7,12H2,1-2H3/b13-11+,14-8+. The van der Waals surface area contributed by atoms with Gasteiger partial charge in [-0.15, -0.1) is 0 Å². The summed E-state index contributed by atoms with van der Waals surface area (Å²) in [6, 6.07) is 8.59. The number of rotatable bonds is 6. The van der Waals surface area contributed by atoms with Crippen LogP contribution in [-0.2, 0) is 9.84 Å². The van der Waals surface area contributed by atoms with E-state index in [9.17, 15) is 8.42 Å². The van der Waals surface area contributed by atoms with Crippen LogP contribution in [0.4, 0.5) is 0 Å². The lowest BCUT2D eigenvalue weighted by atomic mass is 10.1. The summed E-state index contributed by atoms with van der Waals surface area (Å²) in [7, 11) is -3.19. The van der Waals surface area contributed by atoms with Crippen LogP contribution < -0.4 is 0 Å². The van der Waals surface area contributed by atoms with Crippen molar-refractivity contribution >= 4 is 32.4 Å². The molecule has 0 atom stereocenters. The highest BCUT2D eigenvalue weighted by atomic mass is 127. The van der Waals surface area contributed by atoms with Crippen LogP contribution >= 0.6 is 22.6 Å². The smallest absolute Gasteiger partial charge is 0.181 e. The molecule has 0 saturated heterocycles. The van der Waals surface area contributed by atoms with E-state index in [2.05, 4.69) is 35.6 Å². The molecule has 0 aliphatic rings. The van der Waals surface area contributed by atoms with Gasteiger partial charge in [-0.2, -0.15) is 0 Å². The lowest BCUT2D eigenvalue weighted by Gasteiger charge is -2.02. The van der Waals surface area contributed by atoms with Crippen molar-refractivity contribution in [2.75, 3.05) is 5.75 Å². The minimum absolute atomic E-state index is 0.0791. The van der Waals surface area contributed by atoms with Crippen LogP contribution in [0.2, 0.25) is 0 Å². The normalized spacial score (nSPS) is 13.6. The van der Waals surface area contributed by atoms with Crippen LogP contribution in [0, 0.1) is 0 Å². The molecule has 104 valence electrons. The first-order chi connectivity index (χ1) is 8.92. The van der Waals surface area contributed by atoms with Crippen molar-refractivity contribution in [2.45, 2.75) is 31.6 Å². The van der Waals surface area contributed by atoms with Crippen molar-refractivity contribution in [3.8, 4) is 0 Å². The van der Waals surface area contributed by atoms with Gasteiger partial charge in [-0.1, -0.05) is 35.9 Å². The molecule has 0 unspecified atom stereocenters. The molecule has 0 aliphatic carbocycles. The van der Waals surface area contributed by atoms with E-state index < -0.39 is 9.84 Å². The van der Waals surface area contributed by atoms with Crippen molar-refractivity contribution in [1.29, 1.82) is 0 Å². The highest BCUT2D eigenvalue weighted by Crippen LogP contribution is 2.13. The lowest BCUT2D eigenvalue weighted by molar-refractivity contribution is 0.599. The molecule has 0 aliphatic heterocycles. The monoisotopic (exact) mass is 390 g/mol. The molecule has 0 aromatic heterocycles. The molecule has 0 spiro atoms. The summed E-state index contributed by atoms with van der Waals surface area (Å²) < 4.78 is 25.4. The second-order valence-corrected chi connectivity index (χ2v) is 8.21. The third kappa shape index (κ3) is 6.38. The van der Waals surface area contributed by atoms with E-state index in [-0.39, 0.29) is 5.75 Å². The van der Waals surface area contributed by atoms with Crippen molar-refractivity contribution in [2.24, 2.45) is 0 Å². The average Bonchev–Trinajstić information content (AvgIpc) is 2.37. The maximum absolute atomic E-state index is 12.1. The van der Waals surface area contributed by atoms with Crippen molar-refractivity contribution in [3.63, 3.8) is 0 Å². The first-order valence-electron chi connectivity index (χ1n) is 6.17. The third-order valence-electron chi connectivity index (χ3n) is 2.72. The fourth-order valence-electron chi connectivity index (χ4n) is 1.58. The number of sulfone groups is 1. The Balaban J connectivity index is 2.62. The zero-order valence-corrected chi connectivity index (χ0v) is 14.2. The van der Waals surface area contributed by atoms with Gasteiger partial charge in [0.25, 0.3) is 0 Å². The summed E-state index contributed by atoms with van der Waals surface area (Å²) in [6.07, 6.45) is 5.84. The van der Waals surface area contributed by atoms with E-state index in [0.29, 0.717) is 4.90 Å². The summed E-state index contributed by atoms with van der Waals surface area (Å²) in [5.74, 6) is 0.0791. The van der Waals surface area contributed by atoms with E-state index in [1.54, 1.807) is 24.3 Å². The fourth-order valence-corrected chi connectivity index (χ4v) is 3.16. The predicted octanol–water partition coefficient (Wildman–Crippen LogP) is 4.53. The van der Waals surface area contributed by atoms with E-state index >= 15 is 0 Å². The van der Waals surface area contributed by atoms with Crippen LogP contribution in [0.5, 0.6) is 0 Å². The van der Waals surface area contributed by atoms with Crippen LogP contribution in [0.3, 0.4) is 0 Å². The van der Waals surface area contributed by atoms with Crippen LogP contribution in [0.25, 0.3) is 0 Å². The Hall–Kier alpha value is -0.620. The largest absolute Gasteiger partial charge is 0.223 e. The molecular formula is C15H19IO2S. The highest BCUT2D eigenvalue weighted by Gasteiger charge is 2.11. The van der Waals surface area contributed by atoms with Crippen LogP contribution in [0.1, 0.15) is 26.7 Å². The fraction of sp³-hybridized carbons (Fsp3) is 0.333. The second kappa shape index (κ2) is 7.85. The molecule has 2 nitrogen and oxygen atoms in total. The Bertz CT molecular complexity index is 553. The Kier molecular flexibility index (Phi) is 6.79. The molecular weight excluding hydrogens is 371 g/mol. The highest BCUT2D eigenvalue weighted by molar-refractivity contribution is 14.1. The number of benzene rings is 1. The van der Waals surface area contributed by atoms with Crippen molar-refractivity contribution in [3.05, 3.63) is 51.6 Å². The topological polar surface area (TPSA) is 34.1 Å². The van der Waals surface area contributed by atoms with Gasteiger partial charge >= 0.3 is 0 Å². The molecule has 0 heterocycles. The molecule has 1 aromatic carbocycles. The van der Waals surface area contributed by atoms with Gasteiger partial charge in [0.15, 0.2) is 9.84 Å². The molecule has 1 aromatic rings. The third-order valence-corrected chi connectivity index (χ3v) is 4.75. The molecule has 0 saturated carbocycles. The van der Waals surface area contributed by atoms with Crippen LogP contribution in [0.15, 0.2) is 56.5 Å². The van der Waals surface area contributed by atoms with Gasteiger partial charge in [-0.25, -0.2) is 8.42 Å². The number of hydrogen-bond donors (Lipinski definition) is 0. The molecule has 0 N–H and O–H groups in total. The van der Waals surface area contributed by atoms with E-state index in [1.807, 2.05) is 19.1 Å². The van der Waals surface area contributed by atoms with Crippen LogP contribution in [-0.4, -0.2) is 14.2 Å². The van der Waals surface area contributed by atoms with Gasteiger partial charge in [-0.05, 0) is 65.0 Å². The minimum atomic E-state index is -3.19. The predicted molar refractivity (Wildman–Crippen MR) is 89.3 cm³/mol. The molecule has 4 heteroatoms. The summed E-state index contributed by atoms with van der Waals surface area (Å²) in [5.41, 5.74) is 1.12. The summed E-state index contributed by atoms with van der Waals surface area (Å²) in [4.78, 5) is 0.391. The number of halogens is 1. The zero-order chi connectivity index (χ0) is 14.3. The molecule has 19 heavy (non-hydrogen) atoms. The van der Waals surface area contributed by atoms with Gasteiger partial charge in [-0.3, -0.25) is 0 Å². The summed E-state index contributed by atoms with van der Waals surface area (Å²) >= 11 is 2.28. The van der Waals surface area contributed by atoms with E-state index in [0.717, 1.165) is 18.4 Å². The SMILES string of the molecule is C/C(I)=C\CC/C(C)=C/CS(=O)(=O)c1ccccc1. The Morgan fingerprint density at radius 3 is 2.37 bits per heavy atom. The number of allylic oxidation sites excluding steroid dienone is 3. The molecule has 1 rings (SSSR count). The second-order valence-electron chi connectivity index (χ2n) is 4.47. The van der Waals surface area contributed by atoms with Crippen molar-refractivity contribution < 1.29 is 8.42 Å². The molecule has 0 radical (unpaired) electrons. The molecule has 0 fully saturated rings. The van der Waals surface area contributed by atoms with E-state index in [4.69, 9.17) is 0 Å². The maximum Gasteiger partial charge on any atom is 0.181 e. The van der Waals surface area contributed by atoms with Crippen molar-refractivity contribution in [1.82, 2.24) is 0 Å². The molecule has 0 amide bonds. The Labute approximate surface area is 129 Å². The zero-order valence-electron chi connectivity index (χ0n) is 11.3.